The van der Waals surface area contributed by atoms with Crippen LogP contribution in [0.15, 0.2) is 0 Å². The van der Waals surface area contributed by atoms with E-state index in [0.717, 1.165) is 51.4 Å². The number of carbonyl (C=O) groups excluding carboxylic acids is 2. The first-order chi connectivity index (χ1) is 10.1. The van der Waals surface area contributed by atoms with Gasteiger partial charge in [-0.3, -0.25) is 9.59 Å². The number of hydrogen-bond acceptors (Lipinski definition) is 5. The lowest BCUT2D eigenvalue weighted by atomic mass is 10.2. The van der Waals surface area contributed by atoms with Gasteiger partial charge < -0.3 is 15.2 Å². The number of esters is 2. The van der Waals surface area contributed by atoms with Crippen LogP contribution in [0.4, 0.5) is 0 Å². The van der Waals surface area contributed by atoms with Gasteiger partial charge >= 0.3 is 11.9 Å². The molecule has 0 spiro atoms. The first kappa shape index (κ1) is 19.9. The van der Waals surface area contributed by atoms with Gasteiger partial charge in [0, 0.05) is 0 Å². The summed E-state index contributed by atoms with van der Waals surface area (Å²) in [5.74, 6) is -0.948. The van der Waals surface area contributed by atoms with Crippen LogP contribution in [0.3, 0.4) is 0 Å². The highest BCUT2D eigenvalue weighted by molar-refractivity contribution is 5.82. The zero-order chi connectivity index (χ0) is 15.9. The van der Waals surface area contributed by atoms with E-state index in [-0.39, 0.29) is 6.42 Å². The topological polar surface area (TPSA) is 78.6 Å². The standard InChI is InChI=1S/C16H31NO4/c1-3-5-7-9-11-20-15(18)13-14(17)16(19)21-12-10-8-6-4-2/h14H,3-13,17H2,1-2H3. The highest BCUT2D eigenvalue weighted by Crippen LogP contribution is 2.03. The molecule has 0 aromatic carbocycles. The van der Waals surface area contributed by atoms with E-state index >= 15 is 0 Å². The molecule has 0 heterocycles. The molecule has 0 rings (SSSR count). The van der Waals surface area contributed by atoms with E-state index in [9.17, 15) is 9.59 Å². The molecule has 0 radical (unpaired) electrons. The first-order valence-electron chi connectivity index (χ1n) is 8.19. The van der Waals surface area contributed by atoms with Crippen molar-refractivity contribution < 1.29 is 19.1 Å². The minimum atomic E-state index is -0.917. The third kappa shape index (κ3) is 12.4. The molecule has 5 heteroatoms. The normalized spacial score (nSPS) is 12.0. The summed E-state index contributed by atoms with van der Waals surface area (Å²) < 4.78 is 10.1. The molecule has 0 aromatic heterocycles. The van der Waals surface area contributed by atoms with Crippen molar-refractivity contribution in [3.8, 4) is 0 Å². The van der Waals surface area contributed by atoms with Crippen molar-refractivity contribution in [2.45, 2.75) is 77.7 Å². The Balaban J connectivity index is 3.62. The quantitative estimate of drug-likeness (QED) is 0.418. The smallest absolute Gasteiger partial charge is 0.323 e. The van der Waals surface area contributed by atoms with Crippen molar-refractivity contribution >= 4 is 11.9 Å². The van der Waals surface area contributed by atoms with Gasteiger partial charge in [-0.25, -0.2) is 0 Å². The zero-order valence-electron chi connectivity index (χ0n) is 13.6. The number of rotatable bonds is 13. The van der Waals surface area contributed by atoms with Crippen LogP contribution in [0.2, 0.25) is 0 Å². The molecule has 1 unspecified atom stereocenters. The summed E-state index contributed by atoms with van der Waals surface area (Å²) in [6.07, 6.45) is 8.23. The van der Waals surface area contributed by atoms with Gasteiger partial charge in [0.15, 0.2) is 0 Å². The van der Waals surface area contributed by atoms with Gasteiger partial charge in [-0.15, -0.1) is 0 Å². The van der Waals surface area contributed by atoms with E-state index < -0.39 is 18.0 Å². The summed E-state index contributed by atoms with van der Waals surface area (Å²) in [4.78, 5) is 23.1. The summed E-state index contributed by atoms with van der Waals surface area (Å²) >= 11 is 0. The van der Waals surface area contributed by atoms with Gasteiger partial charge in [0.2, 0.25) is 0 Å². The van der Waals surface area contributed by atoms with Crippen LogP contribution < -0.4 is 5.73 Å². The minimum Gasteiger partial charge on any atom is -0.466 e. The Bertz CT molecular complexity index is 281. The van der Waals surface area contributed by atoms with E-state index in [4.69, 9.17) is 15.2 Å². The summed E-state index contributed by atoms with van der Waals surface area (Å²) in [6, 6.07) is -0.917. The Morgan fingerprint density at radius 3 is 1.90 bits per heavy atom. The molecule has 0 saturated carbocycles. The van der Waals surface area contributed by atoms with Crippen molar-refractivity contribution in [1.29, 1.82) is 0 Å². The van der Waals surface area contributed by atoms with Crippen LogP contribution in [-0.4, -0.2) is 31.2 Å². The van der Waals surface area contributed by atoms with E-state index in [1.165, 1.54) is 0 Å². The van der Waals surface area contributed by atoms with Crippen LogP contribution in [0.1, 0.15) is 71.6 Å². The van der Waals surface area contributed by atoms with Crippen LogP contribution in [0.25, 0.3) is 0 Å². The molecule has 0 aliphatic heterocycles. The van der Waals surface area contributed by atoms with E-state index in [0.29, 0.717) is 13.2 Å². The molecular formula is C16H31NO4. The number of ether oxygens (including phenoxy) is 2. The number of nitrogens with two attached hydrogens (primary N) is 1. The molecule has 2 N–H and O–H groups in total. The highest BCUT2D eigenvalue weighted by atomic mass is 16.5. The average molecular weight is 301 g/mol. The lowest BCUT2D eigenvalue weighted by molar-refractivity contribution is -0.152. The van der Waals surface area contributed by atoms with Gasteiger partial charge in [0.25, 0.3) is 0 Å². The van der Waals surface area contributed by atoms with E-state index in [1.54, 1.807) is 0 Å². The van der Waals surface area contributed by atoms with Crippen molar-refractivity contribution in [3.63, 3.8) is 0 Å². The van der Waals surface area contributed by atoms with E-state index in [2.05, 4.69) is 13.8 Å². The summed E-state index contributed by atoms with van der Waals surface area (Å²) in [5.41, 5.74) is 5.64. The zero-order valence-corrected chi connectivity index (χ0v) is 13.6. The largest absolute Gasteiger partial charge is 0.466 e. The maximum absolute atomic E-state index is 11.6. The fraction of sp³-hybridized carbons (Fsp3) is 0.875. The average Bonchev–Trinajstić information content (AvgIpc) is 2.46. The third-order valence-electron chi connectivity index (χ3n) is 3.19. The maximum Gasteiger partial charge on any atom is 0.323 e. The Morgan fingerprint density at radius 2 is 1.38 bits per heavy atom. The van der Waals surface area contributed by atoms with Gasteiger partial charge in [0.05, 0.1) is 19.6 Å². The van der Waals surface area contributed by atoms with Crippen molar-refractivity contribution in [2.24, 2.45) is 5.73 Å². The molecule has 0 fully saturated rings. The minimum absolute atomic E-state index is 0.110. The van der Waals surface area contributed by atoms with Crippen LogP contribution in [0, 0.1) is 0 Å². The molecule has 0 bridgehead atoms. The predicted octanol–water partition coefficient (Wildman–Crippen LogP) is 2.95. The molecule has 21 heavy (non-hydrogen) atoms. The van der Waals surface area contributed by atoms with Crippen molar-refractivity contribution in [1.82, 2.24) is 0 Å². The molecule has 0 aromatic rings. The fourth-order valence-corrected chi connectivity index (χ4v) is 1.85. The SMILES string of the molecule is CCCCCCOC(=O)CC(N)C(=O)OCCCCCC. The van der Waals surface area contributed by atoms with Crippen LogP contribution >= 0.6 is 0 Å². The first-order valence-corrected chi connectivity index (χ1v) is 8.19. The number of hydrogen-bond donors (Lipinski definition) is 1. The van der Waals surface area contributed by atoms with Crippen LogP contribution in [0.5, 0.6) is 0 Å². The van der Waals surface area contributed by atoms with E-state index in [1.807, 2.05) is 0 Å². The second-order valence-corrected chi connectivity index (χ2v) is 5.32. The van der Waals surface area contributed by atoms with Crippen LogP contribution in [-0.2, 0) is 19.1 Å². The Hall–Kier alpha value is -1.10. The van der Waals surface area contributed by atoms with Crippen molar-refractivity contribution in [3.05, 3.63) is 0 Å². The summed E-state index contributed by atoms with van der Waals surface area (Å²) in [5, 5.41) is 0. The summed E-state index contributed by atoms with van der Waals surface area (Å²) in [7, 11) is 0. The molecule has 124 valence electrons. The molecule has 1 atom stereocenters. The number of unbranched alkanes of at least 4 members (excludes halogenated alkanes) is 6. The monoisotopic (exact) mass is 301 g/mol. The molecule has 0 aliphatic carbocycles. The molecular weight excluding hydrogens is 270 g/mol. The van der Waals surface area contributed by atoms with Gasteiger partial charge in [-0.05, 0) is 12.8 Å². The summed E-state index contributed by atoms with van der Waals surface area (Å²) in [6.45, 7) is 5.02. The number of carbonyl (C=O) groups is 2. The van der Waals surface area contributed by atoms with Crippen molar-refractivity contribution in [2.75, 3.05) is 13.2 Å². The second kappa shape index (κ2) is 13.9. The maximum atomic E-state index is 11.6. The predicted molar refractivity (Wildman–Crippen MR) is 82.8 cm³/mol. The van der Waals surface area contributed by atoms with Gasteiger partial charge in [-0.1, -0.05) is 52.4 Å². The highest BCUT2D eigenvalue weighted by Gasteiger charge is 2.19. The lowest BCUT2D eigenvalue weighted by Crippen LogP contribution is -2.35. The molecule has 5 nitrogen and oxygen atoms in total. The molecule has 0 saturated heterocycles. The Kier molecular flexibility index (Phi) is 13.1. The Labute approximate surface area is 128 Å². The second-order valence-electron chi connectivity index (χ2n) is 5.32. The van der Waals surface area contributed by atoms with Gasteiger partial charge in [0.1, 0.15) is 6.04 Å². The van der Waals surface area contributed by atoms with Gasteiger partial charge in [-0.2, -0.15) is 0 Å². The Morgan fingerprint density at radius 1 is 0.857 bits per heavy atom. The molecule has 0 amide bonds. The third-order valence-corrected chi connectivity index (χ3v) is 3.19. The molecule has 0 aliphatic rings. The lowest BCUT2D eigenvalue weighted by Gasteiger charge is -2.11. The fourth-order valence-electron chi connectivity index (χ4n) is 1.85.